The molecule has 0 radical (unpaired) electrons. The van der Waals surface area contributed by atoms with Crippen LogP contribution in [0.3, 0.4) is 0 Å². The molecule has 8 heteroatoms. The third kappa shape index (κ3) is 3.92. The van der Waals surface area contributed by atoms with E-state index in [9.17, 15) is 14.7 Å². The van der Waals surface area contributed by atoms with Crippen molar-refractivity contribution in [2.75, 3.05) is 6.54 Å². The monoisotopic (exact) mass is 524 g/mol. The van der Waals surface area contributed by atoms with Crippen LogP contribution < -0.4 is 0 Å². The Morgan fingerprint density at radius 2 is 1.90 bits per heavy atom. The van der Waals surface area contributed by atoms with E-state index in [0.717, 1.165) is 25.0 Å². The number of carboxylic acid groups (broad SMARTS) is 1. The lowest BCUT2D eigenvalue weighted by molar-refractivity contribution is -0.138. The lowest BCUT2D eigenvalue weighted by Crippen LogP contribution is -2.39. The molecule has 3 heterocycles. The largest absolute Gasteiger partial charge is 0.481 e. The van der Waals surface area contributed by atoms with E-state index in [1.807, 2.05) is 23.1 Å². The fourth-order valence-electron chi connectivity index (χ4n) is 6.09. The first-order chi connectivity index (χ1) is 18.7. The predicted octanol–water partition coefficient (Wildman–Crippen LogP) is 5.53. The maximum absolute atomic E-state index is 15.3. The molecule has 0 bridgehead atoms. The Morgan fingerprint density at radius 1 is 1.10 bits per heavy atom. The number of amides is 1. The van der Waals surface area contributed by atoms with Gasteiger partial charge in [0.15, 0.2) is 5.65 Å². The number of carbonyl (C=O) groups is 2. The quantitative estimate of drug-likeness (QED) is 0.371. The molecule has 3 atom stereocenters. The van der Waals surface area contributed by atoms with Crippen molar-refractivity contribution in [1.82, 2.24) is 19.5 Å². The van der Waals surface area contributed by atoms with Crippen LogP contribution >= 0.6 is 0 Å². The minimum absolute atomic E-state index is 0.0549. The number of nitrogens with zero attached hydrogens (tertiary/aromatic N) is 4. The van der Waals surface area contributed by atoms with Gasteiger partial charge in [0.05, 0.1) is 23.3 Å². The van der Waals surface area contributed by atoms with Gasteiger partial charge >= 0.3 is 5.97 Å². The Bertz CT molecular complexity index is 1670. The summed E-state index contributed by atoms with van der Waals surface area (Å²) in [6, 6.07) is 16.7. The number of rotatable bonds is 5. The molecule has 1 N–H and O–H groups in total. The molecule has 2 aliphatic carbocycles. The van der Waals surface area contributed by atoms with E-state index < -0.39 is 17.7 Å². The molecule has 0 spiro atoms. The molecule has 1 aliphatic heterocycles. The highest BCUT2D eigenvalue weighted by Gasteiger charge is 2.45. The van der Waals surface area contributed by atoms with Crippen molar-refractivity contribution in [2.45, 2.75) is 56.9 Å². The first-order valence-electron chi connectivity index (χ1n) is 13.6. The van der Waals surface area contributed by atoms with Gasteiger partial charge in [-0.05, 0) is 73.4 Å². The average molecular weight is 525 g/mol. The van der Waals surface area contributed by atoms with Gasteiger partial charge in [0.1, 0.15) is 11.5 Å². The summed E-state index contributed by atoms with van der Waals surface area (Å²) in [5.41, 5.74) is 5.60. The highest BCUT2D eigenvalue weighted by molar-refractivity contribution is 5.93. The van der Waals surface area contributed by atoms with Gasteiger partial charge < -0.3 is 10.0 Å². The van der Waals surface area contributed by atoms with Crippen molar-refractivity contribution >= 4 is 17.5 Å². The summed E-state index contributed by atoms with van der Waals surface area (Å²) in [6.45, 7) is 4.84. The summed E-state index contributed by atoms with van der Waals surface area (Å²) in [7, 11) is 0. The molecule has 2 aromatic heterocycles. The van der Waals surface area contributed by atoms with Gasteiger partial charge in [0, 0.05) is 23.6 Å². The van der Waals surface area contributed by atoms with Crippen LogP contribution in [-0.2, 0) is 16.6 Å². The van der Waals surface area contributed by atoms with Crippen LogP contribution in [0.25, 0.3) is 16.9 Å². The number of fused-ring (bicyclic) bond motifs is 2. The maximum Gasteiger partial charge on any atom is 0.307 e. The third-order valence-corrected chi connectivity index (χ3v) is 8.93. The van der Waals surface area contributed by atoms with E-state index in [4.69, 9.17) is 10.1 Å². The van der Waals surface area contributed by atoms with E-state index in [1.54, 1.807) is 22.7 Å². The number of halogens is 1. The zero-order chi connectivity index (χ0) is 27.1. The molecule has 2 fully saturated rings. The number of hydrogen-bond donors (Lipinski definition) is 1. The molecular weight excluding hydrogens is 495 g/mol. The van der Waals surface area contributed by atoms with Crippen LogP contribution in [0.1, 0.15) is 77.9 Å². The van der Waals surface area contributed by atoms with E-state index in [1.165, 1.54) is 17.2 Å². The van der Waals surface area contributed by atoms with E-state index in [2.05, 4.69) is 26.0 Å². The van der Waals surface area contributed by atoms with Crippen LogP contribution in [0.4, 0.5) is 4.39 Å². The van der Waals surface area contributed by atoms with Gasteiger partial charge in [0.25, 0.3) is 5.91 Å². The normalized spacial score (nSPS) is 22.9. The lowest BCUT2D eigenvalue weighted by atomic mass is 9.93. The Kier molecular flexibility index (Phi) is 5.21. The Labute approximate surface area is 225 Å². The second-order valence-corrected chi connectivity index (χ2v) is 11.5. The minimum atomic E-state index is -0.842. The maximum atomic E-state index is 15.3. The van der Waals surface area contributed by atoms with Crippen molar-refractivity contribution in [3.63, 3.8) is 0 Å². The SMILES string of the molecule is C[C@@H]1c2ccccc2CCN1C(=O)c1cc(C2(C)CC2)n2nc(-c3ccc(C4C[C@H]4C(=O)O)cc3F)cc2n1. The highest BCUT2D eigenvalue weighted by Crippen LogP contribution is 2.49. The predicted molar refractivity (Wildman–Crippen MR) is 143 cm³/mol. The van der Waals surface area contributed by atoms with E-state index in [0.29, 0.717) is 41.1 Å². The zero-order valence-corrected chi connectivity index (χ0v) is 21.9. The Balaban J connectivity index is 1.25. The topological polar surface area (TPSA) is 87.8 Å². The second-order valence-electron chi connectivity index (χ2n) is 11.5. The fraction of sp³-hybridized carbons (Fsp3) is 0.355. The minimum Gasteiger partial charge on any atom is -0.481 e. The number of aromatic nitrogens is 3. The van der Waals surface area contributed by atoms with Crippen molar-refractivity contribution < 1.29 is 19.1 Å². The molecule has 1 amide bonds. The van der Waals surface area contributed by atoms with Gasteiger partial charge in [-0.1, -0.05) is 37.3 Å². The number of benzene rings is 2. The molecule has 2 aromatic carbocycles. The zero-order valence-electron chi connectivity index (χ0n) is 21.9. The van der Waals surface area contributed by atoms with Crippen molar-refractivity contribution in [1.29, 1.82) is 0 Å². The van der Waals surface area contributed by atoms with Gasteiger partial charge in [-0.25, -0.2) is 13.9 Å². The first-order valence-corrected chi connectivity index (χ1v) is 13.6. The second kappa shape index (κ2) is 8.46. The van der Waals surface area contributed by atoms with Gasteiger partial charge in [-0.3, -0.25) is 9.59 Å². The summed E-state index contributed by atoms with van der Waals surface area (Å²) in [6.07, 6.45) is 3.31. The van der Waals surface area contributed by atoms with Crippen LogP contribution in [0.5, 0.6) is 0 Å². The summed E-state index contributed by atoms with van der Waals surface area (Å²) < 4.78 is 17.0. The van der Waals surface area contributed by atoms with E-state index in [-0.39, 0.29) is 23.3 Å². The van der Waals surface area contributed by atoms with E-state index >= 15 is 4.39 Å². The number of aliphatic carboxylic acids is 1. The van der Waals surface area contributed by atoms with Crippen molar-refractivity contribution in [2.24, 2.45) is 5.92 Å². The average Bonchev–Trinajstić information content (AvgIpc) is 3.84. The van der Waals surface area contributed by atoms with Gasteiger partial charge in [0.2, 0.25) is 0 Å². The lowest BCUT2D eigenvalue weighted by Gasteiger charge is -2.35. The molecule has 0 saturated heterocycles. The van der Waals surface area contributed by atoms with Crippen LogP contribution in [0.2, 0.25) is 0 Å². The summed E-state index contributed by atoms with van der Waals surface area (Å²) >= 11 is 0. The Hall–Kier alpha value is -4.07. The van der Waals surface area contributed by atoms with Gasteiger partial charge in [-0.2, -0.15) is 5.10 Å². The molecule has 7 nitrogen and oxygen atoms in total. The molecule has 39 heavy (non-hydrogen) atoms. The standard InChI is InChI=1S/C31H29FN4O3/c1-17-20-6-4-3-5-18(20)9-12-35(17)29(37)26-15-27(31(2)10-11-31)36-28(33-26)16-25(34-36)21-8-7-19(13-24(21)32)22-14-23(22)30(38)39/h3-8,13,15-17,22-23H,9-12,14H2,1-2H3,(H,38,39)/t17-,22?,23-/m1/s1. The fourth-order valence-corrected chi connectivity index (χ4v) is 6.09. The molecule has 4 aromatic rings. The number of hydrogen-bond acceptors (Lipinski definition) is 4. The molecule has 1 unspecified atom stereocenters. The molecule has 3 aliphatic rings. The molecule has 198 valence electrons. The Morgan fingerprint density at radius 3 is 2.62 bits per heavy atom. The molecular formula is C31H29FN4O3. The number of carboxylic acids is 1. The highest BCUT2D eigenvalue weighted by atomic mass is 19.1. The number of carbonyl (C=O) groups excluding carboxylic acids is 1. The third-order valence-electron chi connectivity index (χ3n) is 8.93. The van der Waals surface area contributed by atoms with Crippen LogP contribution in [0.15, 0.2) is 54.6 Å². The molecule has 2 saturated carbocycles. The van der Waals surface area contributed by atoms with Gasteiger partial charge in [-0.15, -0.1) is 0 Å². The van der Waals surface area contributed by atoms with Crippen molar-refractivity contribution in [3.05, 3.63) is 88.5 Å². The summed E-state index contributed by atoms with van der Waals surface area (Å²) in [4.78, 5) is 31.7. The van der Waals surface area contributed by atoms with Crippen molar-refractivity contribution in [3.8, 4) is 11.3 Å². The molecule has 7 rings (SSSR count). The summed E-state index contributed by atoms with van der Waals surface area (Å²) in [5.74, 6) is -1.98. The summed E-state index contributed by atoms with van der Waals surface area (Å²) in [5, 5.41) is 14.0. The van der Waals surface area contributed by atoms with Crippen LogP contribution in [-0.4, -0.2) is 43.0 Å². The van der Waals surface area contributed by atoms with Crippen LogP contribution in [0, 0.1) is 11.7 Å². The first kappa shape index (κ1) is 24.0. The smallest absolute Gasteiger partial charge is 0.307 e.